The fourth-order valence-electron chi connectivity index (χ4n) is 3.59. The highest BCUT2D eigenvalue weighted by molar-refractivity contribution is 14.1. The Labute approximate surface area is 182 Å². The Bertz CT molecular complexity index is 530. The molecular formula is C19H34IN3O3S. The van der Waals surface area contributed by atoms with Crippen LogP contribution in [0.2, 0.25) is 0 Å². The summed E-state index contributed by atoms with van der Waals surface area (Å²) in [6, 6.07) is 0.158. The Morgan fingerprint density at radius 3 is 2.59 bits per heavy atom. The third-order valence-electron chi connectivity index (χ3n) is 4.80. The van der Waals surface area contributed by atoms with Crippen LogP contribution >= 0.6 is 34.8 Å². The number of rotatable bonds is 12. The maximum Gasteiger partial charge on any atom is 0.234 e. The molecule has 1 rings (SSSR count). The van der Waals surface area contributed by atoms with E-state index in [1.807, 2.05) is 23.4 Å². The normalized spacial score (nSPS) is 19.9. The molecule has 0 bridgehead atoms. The summed E-state index contributed by atoms with van der Waals surface area (Å²) in [6.45, 7) is 8.56. The first-order chi connectivity index (χ1) is 12.6. The van der Waals surface area contributed by atoms with E-state index in [1.165, 1.54) is 4.90 Å². The first-order valence-corrected chi connectivity index (χ1v) is 11.6. The number of carbonyl (C=O) groups is 3. The van der Waals surface area contributed by atoms with Crippen molar-refractivity contribution in [3.63, 3.8) is 0 Å². The fourth-order valence-corrected chi connectivity index (χ4v) is 6.12. The SMILES string of the molecule is CCCC(C)(SN(C)I)C1CC(=O)N(CCCCCC(=O)NC(C)C)C1=O. The Hall–Kier alpha value is -0.350. The van der Waals surface area contributed by atoms with E-state index in [1.54, 1.807) is 11.9 Å². The quantitative estimate of drug-likeness (QED) is 0.141. The molecule has 8 heteroatoms. The van der Waals surface area contributed by atoms with Crippen LogP contribution in [0, 0.1) is 5.92 Å². The molecule has 0 saturated carbocycles. The number of imide groups is 1. The van der Waals surface area contributed by atoms with Crippen LogP contribution < -0.4 is 5.32 Å². The highest BCUT2D eigenvalue weighted by Gasteiger charge is 2.49. The van der Waals surface area contributed by atoms with E-state index < -0.39 is 0 Å². The van der Waals surface area contributed by atoms with Gasteiger partial charge in [-0.3, -0.25) is 19.3 Å². The molecule has 0 aromatic carbocycles. The largest absolute Gasteiger partial charge is 0.354 e. The number of hydrogen-bond acceptors (Lipinski definition) is 5. The number of carbonyl (C=O) groups excluding carboxylic acids is 3. The monoisotopic (exact) mass is 511 g/mol. The van der Waals surface area contributed by atoms with Crippen LogP contribution in [0.5, 0.6) is 0 Å². The molecule has 1 fully saturated rings. The fraction of sp³-hybridized carbons (Fsp3) is 0.842. The second-order valence-corrected chi connectivity index (χ2v) is 11.5. The first-order valence-electron chi connectivity index (χ1n) is 9.83. The molecule has 6 nitrogen and oxygen atoms in total. The second kappa shape index (κ2) is 11.6. The summed E-state index contributed by atoms with van der Waals surface area (Å²) in [7, 11) is 1.97. The van der Waals surface area contributed by atoms with Crippen LogP contribution in [0.4, 0.5) is 0 Å². The van der Waals surface area contributed by atoms with Gasteiger partial charge in [-0.1, -0.05) is 31.7 Å². The number of nitrogens with zero attached hydrogens (tertiary/aromatic N) is 2. The number of halogens is 1. The molecule has 0 spiro atoms. The summed E-state index contributed by atoms with van der Waals surface area (Å²) in [5, 5.41) is 2.87. The smallest absolute Gasteiger partial charge is 0.234 e. The van der Waals surface area contributed by atoms with Gasteiger partial charge >= 0.3 is 0 Å². The Morgan fingerprint density at radius 1 is 1.37 bits per heavy atom. The van der Waals surface area contributed by atoms with Crippen molar-refractivity contribution in [3.8, 4) is 0 Å². The molecule has 1 saturated heterocycles. The molecule has 1 aliphatic heterocycles. The molecule has 1 heterocycles. The zero-order valence-corrected chi connectivity index (χ0v) is 20.2. The first kappa shape index (κ1) is 24.7. The standard InChI is InChI=1S/C19H34IN3O3S/c1-6-11-19(4,27-22(5)20)15-13-17(25)23(18(15)26)12-9-7-8-10-16(24)21-14(2)3/h14-15H,6-13H2,1-5H3,(H,21,24). The van der Waals surface area contributed by atoms with Crippen LogP contribution in [0.25, 0.3) is 0 Å². The number of nitrogens with one attached hydrogen (secondary N) is 1. The number of amides is 3. The minimum Gasteiger partial charge on any atom is -0.354 e. The van der Waals surface area contributed by atoms with Crippen molar-refractivity contribution < 1.29 is 14.4 Å². The lowest BCUT2D eigenvalue weighted by atomic mass is 9.88. The average molecular weight is 511 g/mol. The predicted octanol–water partition coefficient (Wildman–Crippen LogP) is 3.94. The van der Waals surface area contributed by atoms with Gasteiger partial charge in [0.05, 0.1) is 5.92 Å². The van der Waals surface area contributed by atoms with E-state index in [9.17, 15) is 14.4 Å². The van der Waals surface area contributed by atoms with Gasteiger partial charge in [0.15, 0.2) is 0 Å². The van der Waals surface area contributed by atoms with Gasteiger partial charge in [0.2, 0.25) is 17.7 Å². The lowest BCUT2D eigenvalue weighted by Crippen LogP contribution is -2.40. The number of hydrogen-bond donors (Lipinski definition) is 1. The zero-order chi connectivity index (χ0) is 20.6. The number of likely N-dealkylation sites (tertiary alicyclic amines) is 1. The van der Waals surface area contributed by atoms with Crippen LogP contribution in [-0.2, 0) is 14.4 Å². The summed E-state index contributed by atoms with van der Waals surface area (Å²) in [5.41, 5.74) is 0. The molecule has 0 radical (unpaired) electrons. The van der Waals surface area contributed by atoms with Gasteiger partial charge in [-0.2, -0.15) is 2.52 Å². The topological polar surface area (TPSA) is 69.7 Å². The molecule has 27 heavy (non-hydrogen) atoms. The van der Waals surface area contributed by atoms with Crippen molar-refractivity contribution in [2.75, 3.05) is 13.6 Å². The Kier molecular flexibility index (Phi) is 10.6. The summed E-state index contributed by atoms with van der Waals surface area (Å²) in [6.07, 6.45) is 5.05. The van der Waals surface area contributed by atoms with Crippen LogP contribution in [0.3, 0.4) is 0 Å². The summed E-state index contributed by atoms with van der Waals surface area (Å²) in [4.78, 5) is 38.4. The van der Waals surface area contributed by atoms with Gasteiger partial charge < -0.3 is 5.32 Å². The molecular weight excluding hydrogens is 477 g/mol. The van der Waals surface area contributed by atoms with Crippen LogP contribution in [-0.4, -0.2) is 49.5 Å². The summed E-state index contributed by atoms with van der Waals surface area (Å²) >= 11 is 3.86. The molecule has 3 amide bonds. The molecule has 0 aromatic rings. The highest BCUT2D eigenvalue weighted by atomic mass is 127. The van der Waals surface area contributed by atoms with Crippen molar-refractivity contribution in [3.05, 3.63) is 0 Å². The van der Waals surface area contributed by atoms with Crippen molar-refractivity contribution >= 4 is 52.5 Å². The Morgan fingerprint density at radius 2 is 2.04 bits per heavy atom. The summed E-state index contributed by atoms with van der Waals surface area (Å²) in [5.74, 6) is -0.279. The molecule has 2 unspecified atom stereocenters. The lowest BCUT2D eigenvalue weighted by Gasteiger charge is -2.34. The molecule has 0 aliphatic carbocycles. The van der Waals surface area contributed by atoms with E-state index in [0.29, 0.717) is 19.4 Å². The van der Waals surface area contributed by atoms with E-state index in [4.69, 9.17) is 0 Å². The van der Waals surface area contributed by atoms with Gasteiger partial charge in [-0.15, -0.1) is 0 Å². The summed E-state index contributed by atoms with van der Waals surface area (Å²) < 4.78 is 1.73. The third-order valence-corrected chi connectivity index (χ3v) is 6.55. The van der Waals surface area contributed by atoms with E-state index in [2.05, 4.69) is 42.0 Å². The van der Waals surface area contributed by atoms with Crippen molar-refractivity contribution in [2.45, 2.75) is 83.4 Å². The number of unbranched alkanes of at least 4 members (excludes halogenated alkanes) is 2. The van der Waals surface area contributed by atoms with Crippen molar-refractivity contribution in [1.29, 1.82) is 0 Å². The van der Waals surface area contributed by atoms with Gasteiger partial charge in [0.1, 0.15) is 0 Å². The van der Waals surface area contributed by atoms with Crippen molar-refractivity contribution in [2.24, 2.45) is 5.92 Å². The van der Waals surface area contributed by atoms with E-state index >= 15 is 0 Å². The van der Waals surface area contributed by atoms with Crippen LogP contribution in [0.1, 0.15) is 72.6 Å². The van der Waals surface area contributed by atoms with E-state index in [0.717, 1.165) is 32.1 Å². The molecule has 0 aromatic heterocycles. The molecule has 1 aliphatic rings. The lowest BCUT2D eigenvalue weighted by molar-refractivity contribution is -0.139. The van der Waals surface area contributed by atoms with Gasteiger partial charge in [0.25, 0.3) is 0 Å². The third kappa shape index (κ3) is 7.89. The van der Waals surface area contributed by atoms with Crippen molar-refractivity contribution in [1.82, 2.24) is 12.7 Å². The highest BCUT2D eigenvalue weighted by Crippen LogP contribution is 2.44. The van der Waals surface area contributed by atoms with Crippen LogP contribution in [0.15, 0.2) is 0 Å². The minimum atomic E-state index is -0.263. The second-order valence-electron chi connectivity index (χ2n) is 7.75. The predicted molar refractivity (Wildman–Crippen MR) is 119 cm³/mol. The minimum absolute atomic E-state index is 0.0285. The maximum absolute atomic E-state index is 12.9. The Balaban J connectivity index is 2.53. The molecule has 1 N–H and O–H groups in total. The van der Waals surface area contributed by atoms with Gasteiger partial charge in [0, 0.05) is 60.1 Å². The average Bonchev–Trinajstić information content (AvgIpc) is 2.81. The molecule has 156 valence electrons. The van der Waals surface area contributed by atoms with Gasteiger partial charge in [-0.05, 0) is 40.0 Å². The zero-order valence-electron chi connectivity index (χ0n) is 17.2. The van der Waals surface area contributed by atoms with Gasteiger partial charge in [-0.25, -0.2) is 0 Å². The molecule has 2 atom stereocenters. The van der Waals surface area contributed by atoms with E-state index in [-0.39, 0.29) is 34.4 Å². The maximum atomic E-state index is 12.9.